The van der Waals surface area contributed by atoms with E-state index in [-0.39, 0.29) is 11.5 Å². The van der Waals surface area contributed by atoms with Crippen LogP contribution < -0.4 is 11.0 Å². The molecule has 0 atom stereocenters. The van der Waals surface area contributed by atoms with E-state index in [0.717, 1.165) is 0 Å². The van der Waals surface area contributed by atoms with Crippen LogP contribution >= 0.6 is 11.3 Å². The van der Waals surface area contributed by atoms with Crippen LogP contribution in [0, 0.1) is 5.82 Å². The van der Waals surface area contributed by atoms with Crippen LogP contribution in [0.4, 0.5) is 10.1 Å². The van der Waals surface area contributed by atoms with Crippen molar-refractivity contribution in [3.8, 4) is 21.8 Å². The van der Waals surface area contributed by atoms with Gasteiger partial charge in [0.25, 0.3) is 5.91 Å². The molecule has 0 unspecified atom stereocenters. The summed E-state index contributed by atoms with van der Waals surface area (Å²) in [5, 5.41) is 5.13. The van der Waals surface area contributed by atoms with Crippen molar-refractivity contribution in [2.45, 2.75) is 0 Å². The number of thiazole rings is 1. The standard InChI is InChI=1S/C19H13FN4O2S/c20-13-7-3-1-5-11(13)18-23-16(10-27-18)12-6-2-4-8-14(12)22-17(25)15-9-21-19(26)24-15/h1-10H,(H,22,25)(H2,21,24,26). The van der Waals surface area contributed by atoms with Gasteiger partial charge in [-0.05, 0) is 18.2 Å². The van der Waals surface area contributed by atoms with Crippen LogP contribution in [0.2, 0.25) is 0 Å². The number of para-hydroxylation sites is 1. The molecule has 0 aliphatic heterocycles. The highest BCUT2D eigenvalue weighted by molar-refractivity contribution is 7.13. The quantitative estimate of drug-likeness (QED) is 0.502. The zero-order valence-corrected chi connectivity index (χ0v) is 14.6. The molecule has 0 aliphatic rings. The predicted molar refractivity (Wildman–Crippen MR) is 102 cm³/mol. The monoisotopic (exact) mass is 380 g/mol. The Morgan fingerprint density at radius 2 is 1.81 bits per heavy atom. The van der Waals surface area contributed by atoms with Crippen LogP contribution in [-0.4, -0.2) is 20.9 Å². The maximum atomic E-state index is 14.0. The number of halogens is 1. The number of rotatable bonds is 4. The second kappa shape index (κ2) is 7.00. The van der Waals surface area contributed by atoms with E-state index in [2.05, 4.69) is 20.3 Å². The van der Waals surface area contributed by atoms with Gasteiger partial charge >= 0.3 is 5.69 Å². The van der Waals surface area contributed by atoms with Gasteiger partial charge in [-0.25, -0.2) is 14.2 Å². The van der Waals surface area contributed by atoms with E-state index in [1.54, 1.807) is 30.3 Å². The number of amides is 1. The average molecular weight is 380 g/mol. The summed E-state index contributed by atoms with van der Waals surface area (Å²) in [5.74, 6) is -0.790. The van der Waals surface area contributed by atoms with E-state index in [1.807, 2.05) is 17.5 Å². The molecule has 4 rings (SSSR count). The molecule has 3 N–H and O–H groups in total. The molecular formula is C19H13FN4O2S. The average Bonchev–Trinajstić information content (AvgIpc) is 3.32. The van der Waals surface area contributed by atoms with E-state index >= 15 is 0 Å². The lowest BCUT2D eigenvalue weighted by Gasteiger charge is -2.08. The molecule has 0 radical (unpaired) electrons. The summed E-state index contributed by atoms with van der Waals surface area (Å²) in [6.07, 6.45) is 1.30. The van der Waals surface area contributed by atoms with Crippen molar-refractivity contribution in [2.24, 2.45) is 0 Å². The zero-order valence-electron chi connectivity index (χ0n) is 13.8. The van der Waals surface area contributed by atoms with Crippen LogP contribution in [-0.2, 0) is 0 Å². The number of nitrogens with one attached hydrogen (secondary N) is 3. The molecule has 2 heterocycles. The van der Waals surface area contributed by atoms with Crippen molar-refractivity contribution in [1.29, 1.82) is 0 Å². The molecule has 0 saturated heterocycles. The van der Waals surface area contributed by atoms with E-state index < -0.39 is 11.6 Å². The summed E-state index contributed by atoms with van der Waals surface area (Å²) in [6.45, 7) is 0. The number of nitrogens with zero attached hydrogens (tertiary/aromatic N) is 1. The number of benzene rings is 2. The molecule has 6 nitrogen and oxygen atoms in total. The number of H-pyrrole nitrogens is 2. The van der Waals surface area contributed by atoms with Crippen molar-refractivity contribution < 1.29 is 9.18 Å². The minimum absolute atomic E-state index is 0.125. The van der Waals surface area contributed by atoms with Gasteiger partial charge in [0.1, 0.15) is 16.5 Å². The summed E-state index contributed by atoms with van der Waals surface area (Å²) in [7, 11) is 0. The lowest BCUT2D eigenvalue weighted by molar-refractivity contribution is 0.102. The summed E-state index contributed by atoms with van der Waals surface area (Å²) < 4.78 is 14.0. The van der Waals surface area contributed by atoms with Crippen molar-refractivity contribution in [3.05, 3.63) is 82.1 Å². The zero-order chi connectivity index (χ0) is 18.8. The van der Waals surface area contributed by atoms with Crippen molar-refractivity contribution in [3.63, 3.8) is 0 Å². The Labute approximate surface area is 156 Å². The molecular weight excluding hydrogens is 367 g/mol. The topological polar surface area (TPSA) is 90.6 Å². The van der Waals surface area contributed by atoms with E-state index in [0.29, 0.717) is 27.5 Å². The minimum atomic E-state index is -0.456. The number of anilines is 1. The highest BCUT2D eigenvalue weighted by Gasteiger charge is 2.15. The molecule has 2 aromatic carbocycles. The molecule has 0 saturated carbocycles. The fourth-order valence-electron chi connectivity index (χ4n) is 2.62. The third-order valence-electron chi connectivity index (χ3n) is 3.90. The van der Waals surface area contributed by atoms with Gasteiger partial charge in [-0.3, -0.25) is 4.79 Å². The molecule has 4 aromatic rings. The first kappa shape index (κ1) is 16.9. The van der Waals surface area contributed by atoms with Gasteiger partial charge in [-0.15, -0.1) is 11.3 Å². The second-order valence-corrected chi connectivity index (χ2v) is 6.53. The molecule has 0 fully saturated rings. The number of aromatic amines is 2. The van der Waals surface area contributed by atoms with Gasteiger partial charge < -0.3 is 15.3 Å². The molecule has 0 aliphatic carbocycles. The fourth-order valence-corrected chi connectivity index (χ4v) is 3.46. The first-order valence-electron chi connectivity index (χ1n) is 8.00. The lowest BCUT2D eigenvalue weighted by atomic mass is 10.1. The van der Waals surface area contributed by atoms with Crippen LogP contribution in [0.25, 0.3) is 21.8 Å². The largest absolute Gasteiger partial charge is 0.323 e. The van der Waals surface area contributed by atoms with Gasteiger partial charge in [0.15, 0.2) is 0 Å². The number of aromatic nitrogens is 3. The maximum Gasteiger partial charge on any atom is 0.323 e. The summed E-state index contributed by atoms with van der Waals surface area (Å²) in [5.41, 5.74) is 1.96. The van der Waals surface area contributed by atoms with Gasteiger partial charge in [-0.2, -0.15) is 0 Å². The Morgan fingerprint density at radius 3 is 2.56 bits per heavy atom. The van der Waals surface area contributed by atoms with E-state index in [9.17, 15) is 14.0 Å². The van der Waals surface area contributed by atoms with Crippen molar-refractivity contribution >= 4 is 22.9 Å². The molecule has 2 aromatic heterocycles. The van der Waals surface area contributed by atoms with Gasteiger partial charge in [0.2, 0.25) is 0 Å². The number of carbonyl (C=O) groups is 1. The first-order chi connectivity index (χ1) is 13.1. The number of hydrogen-bond donors (Lipinski definition) is 3. The Balaban J connectivity index is 1.67. The Bertz CT molecular complexity index is 1180. The summed E-state index contributed by atoms with van der Waals surface area (Å²) in [6, 6.07) is 13.6. The fraction of sp³-hybridized carbons (Fsp3) is 0. The Morgan fingerprint density at radius 1 is 1.07 bits per heavy atom. The van der Waals surface area contributed by atoms with E-state index in [4.69, 9.17) is 0 Å². The van der Waals surface area contributed by atoms with Gasteiger partial charge in [-0.1, -0.05) is 30.3 Å². The maximum absolute atomic E-state index is 14.0. The number of carbonyl (C=O) groups excluding carboxylic acids is 1. The number of imidazole rings is 1. The number of hydrogen-bond acceptors (Lipinski definition) is 4. The summed E-state index contributed by atoms with van der Waals surface area (Å²) in [4.78, 5) is 32.8. The van der Waals surface area contributed by atoms with Crippen molar-refractivity contribution in [2.75, 3.05) is 5.32 Å². The van der Waals surface area contributed by atoms with Gasteiger partial charge in [0, 0.05) is 22.7 Å². The molecule has 0 bridgehead atoms. The predicted octanol–water partition coefficient (Wildman–Crippen LogP) is 3.88. The molecule has 27 heavy (non-hydrogen) atoms. The van der Waals surface area contributed by atoms with Crippen molar-refractivity contribution in [1.82, 2.24) is 15.0 Å². The molecule has 134 valence electrons. The third-order valence-corrected chi connectivity index (χ3v) is 4.78. The first-order valence-corrected chi connectivity index (χ1v) is 8.88. The normalized spacial score (nSPS) is 10.7. The smallest absolute Gasteiger partial charge is 0.320 e. The van der Waals surface area contributed by atoms with Crippen LogP contribution in [0.1, 0.15) is 10.5 Å². The molecule has 0 spiro atoms. The van der Waals surface area contributed by atoms with Gasteiger partial charge in [0.05, 0.1) is 11.4 Å². The molecule has 8 heteroatoms. The van der Waals surface area contributed by atoms with Crippen LogP contribution in [0.3, 0.4) is 0 Å². The highest BCUT2D eigenvalue weighted by atomic mass is 32.1. The SMILES string of the molecule is O=C(Nc1ccccc1-c1csc(-c2ccccc2F)n1)c1c[nH]c(=O)[nH]1. The highest BCUT2D eigenvalue weighted by Crippen LogP contribution is 2.33. The summed E-state index contributed by atoms with van der Waals surface area (Å²) >= 11 is 1.32. The third kappa shape index (κ3) is 3.42. The van der Waals surface area contributed by atoms with E-state index in [1.165, 1.54) is 23.6 Å². The second-order valence-electron chi connectivity index (χ2n) is 5.67. The molecule has 1 amide bonds. The Hall–Kier alpha value is -3.52. The van der Waals surface area contributed by atoms with Crippen LogP contribution in [0.15, 0.2) is 64.9 Å². The van der Waals surface area contributed by atoms with Crippen LogP contribution in [0.5, 0.6) is 0 Å². The lowest BCUT2D eigenvalue weighted by Crippen LogP contribution is -2.14. The Kier molecular flexibility index (Phi) is 4.39. The minimum Gasteiger partial charge on any atom is -0.320 e.